The van der Waals surface area contributed by atoms with E-state index in [9.17, 15) is 4.79 Å². The summed E-state index contributed by atoms with van der Waals surface area (Å²) < 4.78 is 1.18. The minimum atomic E-state index is -0.312. The SMILES string of the molecule is CN(C)C(=O)C(c1ccccc1)N(C)Cc1nc2ccccc2s1. The number of benzene rings is 2. The minimum Gasteiger partial charge on any atom is -0.347 e. The lowest BCUT2D eigenvalue weighted by molar-refractivity contribution is -0.134. The van der Waals surface area contributed by atoms with Crippen LogP contribution in [-0.4, -0.2) is 41.8 Å². The van der Waals surface area contributed by atoms with Crippen LogP contribution in [0.25, 0.3) is 10.2 Å². The predicted octanol–water partition coefficient (Wildman–Crippen LogP) is 3.56. The summed E-state index contributed by atoms with van der Waals surface area (Å²) >= 11 is 1.68. The van der Waals surface area contributed by atoms with Crippen molar-refractivity contribution in [1.29, 1.82) is 0 Å². The van der Waals surface area contributed by atoms with Crippen LogP contribution >= 0.6 is 11.3 Å². The van der Waals surface area contributed by atoms with Crippen LogP contribution in [0.15, 0.2) is 54.6 Å². The van der Waals surface area contributed by atoms with Crippen molar-refractivity contribution in [2.45, 2.75) is 12.6 Å². The molecule has 0 saturated heterocycles. The smallest absolute Gasteiger partial charge is 0.244 e. The summed E-state index contributed by atoms with van der Waals surface area (Å²) in [6.07, 6.45) is 0. The van der Waals surface area contributed by atoms with Gasteiger partial charge in [0.1, 0.15) is 11.0 Å². The molecule has 3 rings (SSSR count). The Labute approximate surface area is 146 Å². The molecule has 0 fully saturated rings. The summed E-state index contributed by atoms with van der Waals surface area (Å²) in [5.41, 5.74) is 2.01. The summed E-state index contributed by atoms with van der Waals surface area (Å²) in [6.45, 7) is 0.637. The van der Waals surface area contributed by atoms with Crippen molar-refractivity contribution in [3.8, 4) is 0 Å². The molecule has 1 heterocycles. The normalized spacial score (nSPS) is 12.5. The molecule has 1 atom stereocenters. The molecule has 3 aromatic rings. The zero-order chi connectivity index (χ0) is 17.1. The van der Waals surface area contributed by atoms with Crippen molar-refractivity contribution in [3.05, 3.63) is 65.2 Å². The van der Waals surface area contributed by atoms with Gasteiger partial charge in [0.15, 0.2) is 0 Å². The van der Waals surface area contributed by atoms with E-state index in [0.717, 1.165) is 16.1 Å². The first-order chi connectivity index (χ1) is 11.6. The van der Waals surface area contributed by atoms with Crippen molar-refractivity contribution in [3.63, 3.8) is 0 Å². The van der Waals surface area contributed by atoms with E-state index in [0.29, 0.717) is 6.54 Å². The van der Waals surface area contributed by atoms with Gasteiger partial charge in [-0.25, -0.2) is 4.98 Å². The first-order valence-electron chi connectivity index (χ1n) is 7.87. The van der Waals surface area contributed by atoms with Crippen molar-refractivity contribution in [2.75, 3.05) is 21.1 Å². The molecule has 0 aliphatic rings. The Morgan fingerprint density at radius 3 is 2.38 bits per heavy atom. The van der Waals surface area contributed by atoms with Crippen LogP contribution in [-0.2, 0) is 11.3 Å². The number of rotatable bonds is 5. The first-order valence-corrected chi connectivity index (χ1v) is 8.68. The Kier molecular flexibility index (Phi) is 4.92. The van der Waals surface area contributed by atoms with E-state index in [1.54, 1.807) is 30.3 Å². The highest BCUT2D eigenvalue weighted by Gasteiger charge is 2.27. The molecule has 24 heavy (non-hydrogen) atoms. The maximum absolute atomic E-state index is 12.7. The fourth-order valence-electron chi connectivity index (χ4n) is 2.76. The maximum atomic E-state index is 12.7. The van der Waals surface area contributed by atoms with Gasteiger partial charge in [-0.1, -0.05) is 42.5 Å². The molecule has 4 nitrogen and oxygen atoms in total. The Morgan fingerprint density at radius 2 is 1.71 bits per heavy atom. The standard InChI is InChI=1S/C19H21N3OS/c1-21(2)19(23)18(14-9-5-4-6-10-14)22(3)13-17-20-15-11-7-8-12-16(15)24-17/h4-12,18H,13H2,1-3H3. The van der Waals surface area contributed by atoms with Crippen LogP contribution < -0.4 is 0 Å². The van der Waals surface area contributed by atoms with Gasteiger partial charge >= 0.3 is 0 Å². The molecular weight excluding hydrogens is 318 g/mol. The molecule has 0 aliphatic carbocycles. The Balaban J connectivity index is 1.88. The van der Waals surface area contributed by atoms with Gasteiger partial charge in [0.05, 0.1) is 16.8 Å². The number of amides is 1. The fourth-order valence-corrected chi connectivity index (χ4v) is 3.79. The molecule has 2 aromatic carbocycles. The number of likely N-dealkylation sites (N-methyl/N-ethyl adjacent to an activating group) is 2. The second kappa shape index (κ2) is 7.11. The predicted molar refractivity (Wildman–Crippen MR) is 99.0 cm³/mol. The number of fused-ring (bicyclic) bond motifs is 1. The van der Waals surface area contributed by atoms with Gasteiger partial charge in [-0.3, -0.25) is 9.69 Å². The van der Waals surface area contributed by atoms with Gasteiger partial charge in [0.25, 0.3) is 0 Å². The molecule has 5 heteroatoms. The molecule has 0 aliphatic heterocycles. The molecule has 0 spiro atoms. The van der Waals surface area contributed by atoms with Gasteiger partial charge in [-0.2, -0.15) is 0 Å². The third kappa shape index (κ3) is 3.47. The number of hydrogen-bond donors (Lipinski definition) is 0. The number of thiazole rings is 1. The molecule has 0 saturated carbocycles. The molecule has 0 N–H and O–H groups in total. The van der Waals surface area contributed by atoms with Gasteiger partial charge in [-0.15, -0.1) is 11.3 Å². The number of carbonyl (C=O) groups is 1. The Hall–Kier alpha value is -2.24. The Morgan fingerprint density at radius 1 is 1.04 bits per heavy atom. The quantitative estimate of drug-likeness (QED) is 0.713. The van der Waals surface area contributed by atoms with Crippen LogP contribution in [0.5, 0.6) is 0 Å². The molecule has 0 bridgehead atoms. The summed E-state index contributed by atoms with van der Waals surface area (Å²) in [4.78, 5) is 21.1. The molecule has 1 amide bonds. The topological polar surface area (TPSA) is 36.4 Å². The van der Waals surface area contributed by atoms with Gasteiger partial charge in [0.2, 0.25) is 5.91 Å². The number of aromatic nitrogens is 1. The summed E-state index contributed by atoms with van der Waals surface area (Å²) in [5.74, 6) is 0.0739. The number of hydrogen-bond acceptors (Lipinski definition) is 4. The molecule has 1 unspecified atom stereocenters. The largest absolute Gasteiger partial charge is 0.347 e. The van der Waals surface area contributed by atoms with Gasteiger partial charge in [-0.05, 0) is 24.7 Å². The van der Waals surface area contributed by atoms with E-state index in [4.69, 9.17) is 0 Å². The van der Waals surface area contributed by atoms with Crippen molar-refractivity contribution >= 4 is 27.5 Å². The van der Waals surface area contributed by atoms with E-state index in [-0.39, 0.29) is 11.9 Å². The van der Waals surface area contributed by atoms with Crippen LogP contribution in [0.1, 0.15) is 16.6 Å². The monoisotopic (exact) mass is 339 g/mol. The van der Waals surface area contributed by atoms with Crippen molar-refractivity contribution in [2.24, 2.45) is 0 Å². The lowest BCUT2D eigenvalue weighted by Gasteiger charge is -2.29. The maximum Gasteiger partial charge on any atom is 0.244 e. The molecular formula is C19H21N3OS. The van der Waals surface area contributed by atoms with E-state index < -0.39 is 0 Å². The molecule has 0 radical (unpaired) electrons. The average molecular weight is 339 g/mol. The van der Waals surface area contributed by atoms with Crippen LogP contribution in [0.2, 0.25) is 0 Å². The van der Waals surface area contributed by atoms with Crippen molar-refractivity contribution < 1.29 is 4.79 Å². The third-order valence-electron chi connectivity index (χ3n) is 3.95. The van der Waals surface area contributed by atoms with Crippen LogP contribution in [0.4, 0.5) is 0 Å². The molecule has 124 valence electrons. The average Bonchev–Trinajstić information content (AvgIpc) is 2.98. The lowest BCUT2D eigenvalue weighted by atomic mass is 10.0. The van der Waals surface area contributed by atoms with Gasteiger partial charge < -0.3 is 4.90 Å². The van der Waals surface area contributed by atoms with Crippen LogP contribution in [0.3, 0.4) is 0 Å². The third-order valence-corrected chi connectivity index (χ3v) is 4.97. The zero-order valence-corrected chi connectivity index (χ0v) is 15.0. The number of nitrogens with zero attached hydrogens (tertiary/aromatic N) is 3. The Bertz CT molecular complexity index is 796. The lowest BCUT2D eigenvalue weighted by Crippen LogP contribution is -2.37. The minimum absolute atomic E-state index is 0.0739. The highest BCUT2D eigenvalue weighted by Crippen LogP contribution is 2.27. The summed E-state index contributed by atoms with van der Waals surface area (Å²) in [6, 6.07) is 17.7. The summed E-state index contributed by atoms with van der Waals surface area (Å²) in [5, 5.41) is 1.02. The van der Waals surface area contributed by atoms with E-state index in [2.05, 4.69) is 16.0 Å². The number of carbonyl (C=O) groups excluding carboxylic acids is 1. The molecule has 1 aromatic heterocycles. The van der Waals surface area contributed by atoms with Gasteiger partial charge in [0, 0.05) is 14.1 Å². The first kappa shape index (κ1) is 16.6. The fraction of sp³-hybridized carbons (Fsp3) is 0.263. The van der Waals surface area contributed by atoms with E-state index >= 15 is 0 Å². The second-order valence-electron chi connectivity index (χ2n) is 6.04. The summed E-state index contributed by atoms with van der Waals surface area (Å²) in [7, 11) is 5.57. The highest BCUT2D eigenvalue weighted by atomic mass is 32.1. The second-order valence-corrected chi connectivity index (χ2v) is 7.15. The van der Waals surface area contributed by atoms with Crippen molar-refractivity contribution in [1.82, 2.24) is 14.8 Å². The highest BCUT2D eigenvalue weighted by molar-refractivity contribution is 7.18. The number of para-hydroxylation sites is 1. The van der Waals surface area contributed by atoms with E-state index in [1.165, 1.54) is 4.70 Å². The zero-order valence-electron chi connectivity index (χ0n) is 14.1. The van der Waals surface area contributed by atoms with Crippen LogP contribution in [0, 0.1) is 0 Å². The van der Waals surface area contributed by atoms with E-state index in [1.807, 2.05) is 55.6 Å².